The van der Waals surface area contributed by atoms with Crippen molar-refractivity contribution in [2.24, 2.45) is 0 Å². The zero-order chi connectivity index (χ0) is 10.9. The van der Waals surface area contributed by atoms with Gasteiger partial charge < -0.3 is 10.2 Å². The van der Waals surface area contributed by atoms with E-state index in [0.717, 1.165) is 0 Å². The Bertz CT molecular complexity index is 364. The van der Waals surface area contributed by atoms with E-state index in [-0.39, 0.29) is 6.07 Å². The van der Waals surface area contributed by atoms with E-state index in [1.807, 2.05) is 0 Å². The molecule has 0 saturated heterocycles. The van der Waals surface area contributed by atoms with Crippen molar-refractivity contribution in [1.29, 1.82) is 0 Å². The van der Waals surface area contributed by atoms with Crippen molar-refractivity contribution in [3.05, 3.63) is 29.1 Å². The molecule has 2 N–H and O–H groups in total. The number of hydrogen-bond acceptors (Lipinski definition) is 2. The fourth-order valence-electron chi connectivity index (χ4n) is 0.948. The first-order valence-electron chi connectivity index (χ1n) is 3.50. The fourth-order valence-corrected chi connectivity index (χ4v) is 0.948. The topological polar surface area (TPSA) is 57.5 Å². The maximum absolute atomic E-state index is 12.8. The molecule has 0 aliphatic carbocycles. The second kappa shape index (κ2) is 3.57. The number of hydrogen-bond donors (Lipinski definition) is 2. The van der Waals surface area contributed by atoms with Crippen LogP contribution in [-0.2, 0) is 11.2 Å². The van der Waals surface area contributed by atoms with Crippen molar-refractivity contribution in [2.75, 3.05) is 0 Å². The number of carboxylic acid groups (broad SMARTS) is 1. The van der Waals surface area contributed by atoms with E-state index in [2.05, 4.69) is 0 Å². The number of carbonyl (C=O) groups is 1. The molecule has 0 aliphatic heterocycles. The predicted octanol–water partition coefficient (Wildman–Crippen LogP) is 1.44. The quantitative estimate of drug-likeness (QED) is 0.719. The minimum Gasteiger partial charge on any atom is -0.505 e. The minimum atomic E-state index is -1.55. The molecule has 0 saturated carbocycles. The second-order valence-corrected chi connectivity index (χ2v) is 2.55. The first-order chi connectivity index (χ1) is 6.43. The largest absolute Gasteiger partial charge is 0.505 e. The minimum absolute atomic E-state index is 0.149. The molecule has 0 atom stereocenters. The summed E-state index contributed by atoms with van der Waals surface area (Å²) in [7, 11) is 0. The lowest BCUT2D eigenvalue weighted by atomic mass is 10.1. The molecule has 1 aromatic rings. The Morgan fingerprint density at radius 1 is 1.29 bits per heavy atom. The van der Waals surface area contributed by atoms with Crippen molar-refractivity contribution in [2.45, 2.75) is 6.42 Å². The van der Waals surface area contributed by atoms with Gasteiger partial charge in [-0.2, -0.15) is 0 Å². The van der Waals surface area contributed by atoms with Crippen LogP contribution in [-0.4, -0.2) is 16.2 Å². The van der Waals surface area contributed by atoms with Crippen molar-refractivity contribution < 1.29 is 28.2 Å². The third kappa shape index (κ3) is 1.78. The molecule has 0 aliphatic rings. The summed E-state index contributed by atoms with van der Waals surface area (Å²) in [4.78, 5) is 10.2. The highest BCUT2D eigenvalue weighted by atomic mass is 19.2. The highest BCUT2D eigenvalue weighted by molar-refractivity contribution is 5.71. The van der Waals surface area contributed by atoms with Crippen molar-refractivity contribution in [1.82, 2.24) is 0 Å². The Balaban J connectivity index is 3.31. The number of phenols is 1. The van der Waals surface area contributed by atoms with Gasteiger partial charge in [0.2, 0.25) is 0 Å². The van der Waals surface area contributed by atoms with Gasteiger partial charge in [-0.05, 0) is 0 Å². The van der Waals surface area contributed by atoms with Gasteiger partial charge in [0, 0.05) is 11.6 Å². The maximum Gasteiger partial charge on any atom is 0.308 e. The number of benzene rings is 1. The monoisotopic (exact) mass is 206 g/mol. The van der Waals surface area contributed by atoms with Crippen molar-refractivity contribution in [3.63, 3.8) is 0 Å². The molecule has 1 rings (SSSR count). The molecule has 0 bridgehead atoms. The summed E-state index contributed by atoms with van der Waals surface area (Å²) < 4.78 is 38.0. The van der Waals surface area contributed by atoms with Crippen LogP contribution in [0.25, 0.3) is 0 Å². The van der Waals surface area contributed by atoms with Crippen LogP contribution in [0.1, 0.15) is 5.56 Å². The lowest BCUT2D eigenvalue weighted by molar-refractivity contribution is -0.136. The van der Waals surface area contributed by atoms with E-state index in [9.17, 15) is 18.0 Å². The molecule has 0 aromatic heterocycles. The fraction of sp³-hybridized carbons (Fsp3) is 0.125. The van der Waals surface area contributed by atoms with Gasteiger partial charge in [-0.1, -0.05) is 0 Å². The summed E-state index contributed by atoms with van der Waals surface area (Å²) in [5.41, 5.74) is -0.894. The molecule has 76 valence electrons. The lowest BCUT2D eigenvalue weighted by Crippen LogP contribution is -2.05. The Hall–Kier alpha value is -1.72. The normalized spacial score (nSPS) is 10.2. The third-order valence-corrected chi connectivity index (χ3v) is 1.57. The number of halogens is 3. The Kier molecular flexibility index (Phi) is 2.64. The van der Waals surface area contributed by atoms with E-state index >= 15 is 0 Å². The van der Waals surface area contributed by atoms with E-state index < -0.39 is 41.2 Å². The summed E-state index contributed by atoms with van der Waals surface area (Å²) in [6, 6.07) is 0.149. The van der Waals surface area contributed by atoms with Gasteiger partial charge in [0.05, 0.1) is 6.42 Å². The summed E-state index contributed by atoms with van der Waals surface area (Å²) in [6.07, 6.45) is -0.980. The molecule has 0 unspecified atom stereocenters. The highest BCUT2D eigenvalue weighted by Gasteiger charge is 2.20. The third-order valence-electron chi connectivity index (χ3n) is 1.57. The molecule has 0 fully saturated rings. The van der Waals surface area contributed by atoms with Gasteiger partial charge in [-0.3, -0.25) is 4.79 Å². The summed E-state index contributed by atoms with van der Waals surface area (Å²) >= 11 is 0. The van der Waals surface area contributed by atoms with Gasteiger partial charge >= 0.3 is 5.97 Å². The maximum atomic E-state index is 12.8. The van der Waals surface area contributed by atoms with Gasteiger partial charge in [-0.25, -0.2) is 13.2 Å². The van der Waals surface area contributed by atoms with Crippen molar-refractivity contribution >= 4 is 5.97 Å². The van der Waals surface area contributed by atoms with Crippen LogP contribution < -0.4 is 0 Å². The van der Waals surface area contributed by atoms with Crippen LogP contribution in [0.4, 0.5) is 13.2 Å². The Labute approximate surface area is 76.4 Å². The average Bonchev–Trinajstić information content (AvgIpc) is 2.09. The molecule has 14 heavy (non-hydrogen) atoms. The van der Waals surface area contributed by atoms with Crippen LogP contribution >= 0.6 is 0 Å². The van der Waals surface area contributed by atoms with Gasteiger partial charge in [0.25, 0.3) is 0 Å². The number of rotatable bonds is 2. The first-order valence-corrected chi connectivity index (χ1v) is 3.50. The lowest BCUT2D eigenvalue weighted by Gasteiger charge is -2.04. The van der Waals surface area contributed by atoms with Gasteiger partial charge in [0.1, 0.15) is 0 Å². The first kappa shape index (κ1) is 10.4. The Morgan fingerprint density at radius 3 is 2.36 bits per heavy atom. The zero-order valence-corrected chi connectivity index (χ0v) is 6.72. The molecule has 3 nitrogen and oxygen atoms in total. The summed E-state index contributed by atoms with van der Waals surface area (Å²) in [5, 5.41) is 17.2. The highest BCUT2D eigenvalue weighted by Crippen LogP contribution is 2.26. The number of phenolic OH excluding ortho intramolecular Hbond substituents is 1. The molecular weight excluding hydrogens is 201 g/mol. The molecular formula is C8H5F3O3. The molecule has 0 radical (unpaired) electrons. The smallest absolute Gasteiger partial charge is 0.308 e. The summed E-state index contributed by atoms with van der Waals surface area (Å²) in [5.74, 6) is -7.14. The predicted molar refractivity (Wildman–Crippen MR) is 39.3 cm³/mol. The van der Waals surface area contributed by atoms with Crippen LogP contribution in [0.3, 0.4) is 0 Å². The van der Waals surface area contributed by atoms with E-state index in [4.69, 9.17) is 10.2 Å². The number of carboxylic acids is 1. The van der Waals surface area contributed by atoms with Crippen LogP contribution in [0.2, 0.25) is 0 Å². The van der Waals surface area contributed by atoms with Crippen LogP contribution in [0.15, 0.2) is 6.07 Å². The van der Waals surface area contributed by atoms with E-state index in [0.29, 0.717) is 0 Å². The van der Waals surface area contributed by atoms with Crippen LogP contribution in [0.5, 0.6) is 5.75 Å². The second-order valence-electron chi connectivity index (χ2n) is 2.55. The molecule has 0 spiro atoms. The zero-order valence-electron chi connectivity index (χ0n) is 6.72. The Morgan fingerprint density at radius 2 is 1.86 bits per heavy atom. The number of aliphatic carboxylic acids is 1. The van der Waals surface area contributed by atoms with Crippen molar-refractivity contribution in [3.8, 4) is 5.75 Å². The molecule has 6 heteroatoms. The van der Waals surface area contributed by atoms with E-state index in [1.54, 1.807) is 0 Å². The van der Waals surface area contributed by atoms with Crippen LogP contribution in [0, 0.1) is 17.5 Å². The molecule has 0 amide bonds. The molecule has 1 aromatic carbocycles. The van der Waals surface area contributed by atoms with Gasteiger partial charge in [-0.15, -0.1) is 0 Å². The average molecular weight is 206 g/mol. The SMILES string of the molecule is O=C(O)Cc1c(O)c(F)cc(F)c1F. The van der Waals surface area contributed by atoms with E-state index in [1.165, 1.54) is 0 Å². The standard InChI is InChI=1S/C8H5F3O3/c9-4-2-5(10)8(14)3(7(4)11)1-6(12)13/h2,14H,1H2,(H,12,13). The number of aromatic hydroxyl groups is 1. The van der Waals surface area contributed by atoms with Gasteiger partial charge in [0.15, 0.2) is 23.2 Å². The summed E-state index contributed by atoms with van der Waals surface area (Å²) in [6.45, 7) is 0. The molecule has 0 heterocycles.